The van der Waals surface area contributed by atoms with Crippen LogP contribution in [0, 0.1) is 22.7 Å². The summed E-state index contributed by atoms with van der Waals surface area (Å²) in [5, 5.41) is 9.30. The molecule has 3 atom stereocenters. The minimum atomic E-state index is -1.22. The molecule has 5 nitrogen and oxygen atoms in total. The molecule has 0 aromatic rings. The van der Waals surface area contributed by atoms with Gasteiger partial charge in [-0.2, -0.15) is 5.26 Å². The number of nitrogens with zero attached hydrogens (tertiary/aromatic N) is 1. The summed E-state index contributed by atoms with van der Waals surface area (Å²) in [7, 11) is 0. The molecule has 5 heteroatoms. The van der Waals surface area contributed by atoms with Crippen molar-refractivity contribution in [2.75, 3.05) is 13.2 Å². The van der Waals surface area contributed by atoms with E-state index in [9.17, 15) is 10.1 Å². The molecule has 0 aromatic carbocycles. The van der Waals surface area contributed by atoms with Crippen LogP contribution in [-0.4, -0.2) is 31.1 Å². The molecule has 18 heavy (non-hydrogen) atoms. The summed E-state index contributed by atoms with van der Waals surface area (Å²) in [6, 6.07) is 2.06. The fourth-order valence-corrected chi connectivity index (χ4v) is 1.95. The zero-order valence-electron chi connectivity index (χ0n) is 11.6. The molecule has 0 spiro atoms. The zero-order chi connectivity index (χ0) is 14.0. The van der Waals surface area contributed by atoms with E-state index in [0.717, 1.165) is 0 Å². The van der Waals surface area contributed by atoms with E-state index in [2.05, 4.69) is 6.07 Å². The van der Waals surface area contributed by atoms with Crippen LogP contribution in [0.1, 0.15) is 34.6 Å². The van der Waals surface area contributed by atoms with Crippen LogP contribution in [0.15, 0.2) is 0 Å². The van der Waals surface area contributed by atoms with Gasteiger partial charge in [0.15, 0.2) is 11.2 Å². The van der Waals surface area contributed by atoms with Gasteiger partial charge in [-0.25, -0.2) is 0 Å². The number of esters is 1. The van der Waals surface area contributed by atoms with Gasteiger partial charge >= 0.3 is 5.97 Å². The van der Waals surface area contributed by atoms with Gasteiger partial charge in [0.05, 0.1) is 25.4 Å². The quantitative estimate of drug-likeness (QED) is 0.717. The largest absolute Gasteiger partial charge is 0.465 e. The average molecular weight is 255 g/mol. The van der Waals surface area contributed by atoms with Crippen molar-refractivity contribution in [1.82, 2.24) is 0 Å². The van der Waals surface area contributed by atoms with Crippen molar-refractivity contribution in [3.8, 4) is 6.07 Å². The molecule has 1 saturated heterocycles. The number of hydrogen-bond donors (Lipinski definition) is 0. The second-order valence-electron chi connectivity index (χ2n) is 5.19. The predicted octanol–water partition coefficient (Wildman–Crippen LogP) is 1.87. The van der Waals surface area contributed by atoms with Gasteiger partial charge in [0, 0.05) is 5.92 Å². The van der Waals surface area contributed by atoms with Crippen molar-refractivity contribution in [3.05, 3.63) is 0 Å². The Kier molecular flexibility index (Phi) is 4.36. The number of nitriles is 1. The number of rotatable bonds is 4. The highest BCUT2D eigenvalue weighted by molar-refractivity contribution is 5.80. The monoisotopic (exact) mass is 255 g/mol. The van der Waals surface area contributed by atoms with Crippen LogP contribution >= 0.6 is 0 Å². The Labute approximate surface area is 108 Å². The van der Waals surface area contributed by atoms with E-state index >= 15 is 0 Å². The molecule has 0 bridgehead atoms. The zero-order valence-corrected chi connectivity index (χ0v) is 11.6. The molecule has 0 amide bonds. The van der Waals surface area contributed by atoms with Crippen molar-refractivity contribution in [1.29, 1.82) is 5.26 Å². The lowest BCUT2D eigenvalue weighted by molar-refractivity contribution is -0.164. The smallest absolute Gasteiger partial charge is 0.326 e. The molecule has 1 heterocycles. The Morgan fingerprint density at radius 2 is 2.28 bits per heavy atom. The fraction of sp³-hybridized carbons (Fsp3) is 0.846. The molecule has 0 radical (unpaired) electrons. The summed E-state index contributed by atoms with van der Waals surface area (Å²) in [5.41, 5.74) is -1.22. The normalized spacial score (nSPS) is 27.0. The van der Waals surface area contributed by atoms with Gasteiger partial charge < -0.3 is 14.2 Å². The van der Waals surface area contributed by atoms with Crippen molar-refractivity contribution in [2.24, 2.45) is 11.3 Å². The average Bonchev–Trinajstić information content (AvgIpc) is 2.67. The topological polar surface area (TPSA) is 68.6 Å². The lowest BCUT2D eigenvalue weighted by atomic mass is 9.76. The maximum Gasteiger partial charge on any atom is 0.326 e. The van der Waals surface area contributed by atoms with Gasteiger partial charge in [-0.15, -0.1) is 0 Å². The first-order valence-electron chi connectivity index (χ1n) is 6.17. The molecule has 0 aliphatic carbocycles. The van der Waals surface area contributed by atoms with Crippen molar-refractivity contribution in [2.45, 2.75) is 46.5 Å². The SMILES string of the molecule is CCOC(=O)C(C)(C#N)C(C)C1COC(C)(C)O1. The van der Waals surface area contributed by atoms with E-state index < -0.39 is 17.2 Å². The molecule has 1 rings (SSSR count). The van der Waals surface area contributed by atoms with Crippen molar-refractivity contribution in [3.63, 3.8) is 0 Å². The Hall–Kier alpha value is -1.12. The number of ether oxygens (including phenoxy) is 3. The second-order valence-corrected chi connectivity index (χ2v) is 5.19. The second kappa shape index (κ2) is 5.25. The summed E-state index contributed by atoms with van der Waals surface area (Å²) < 4.78 is 16.1. The molecular weight excluding hydrogens is 234 g/mol. The van der Waals surface area contributed by atoms with Crippen LogP contribution in [0.4, 0.5) is 0 Å². The first-order chi connectivity index (χ1) is 8.27. The minimum Gasteiger partial charge on any atom is -0.465 e. The van der Waals surface area contributed by atoms with E-state index in [0.29, 0.717) is 6.61 Å². The third-order valence-electron chi connectivity index (χ3n) is 3.43. The van der Waals surface area contributed by atoms with Gasteiger partial charge in [-0.05, 0) is 27.7 Å². The Balaban J connectivity index is 2.83. The highest BCUT2D eigenvalue weighted by Crippen LogP contribution is 2.37. The van der Waals surface area contributed by atoms with E-state index in [1.54, 1.807) is 13.8 Å². The van der Waals surface area contributed by atoms with Crippen molar-refractivity contribution < 1.29 is 19.0 Å². The summed E-state index contributed by atoms with van der Waals surface area (Å²) in [6.45, 7) is 9.39. The molecule has 1 aliphatic heterocycles. The predicted molar refractivity (Wildman–Crippen MR) is 64.4 cm³/mol. The standard InChI is InChI=1S/C13H21NO4/c1-6-16-11(15)13(5,8-14)9(2)10-7-17-12(3,4)18-10/h9-10H,6-7H2,1-5H3. The Bertz CT molecular complexity index is 360. The molecule has 102 valence electrons. The first-order valence-corrected chi connectivity index (χ1v) is 6.17. The van der Waals surface area contributed by atoms with Crippen LogP contribution in [0.3, 0.4) is 0 Å². The molecule has 3 unspecified atom stereocenters. The lowest BCUT2D eigenvalue weighted by Gasteiger charge is -2.30. The van der Waals surface area contributed by atoms with Crippen LogP contribution in [0.5, 0.6) is 0 Å². The summed E-state index contributed by atoms with van der Waals surface area (Å²) in [6.07, 6.45) is -0.283. The third kappa shape index (κ3) is 2.82. The molecule has 0 aromatic heterocycles. The summed E-state index contributed by atoms with van der Waals surface area (Å²) in [5.74, 6) is -1.47. The maximum absolute atomic E-state index is 11.9. The van der Waals surface area contributed by atoms with Crippen LogP contribution in [0.2, 0.25) is 0 Å². The number of carbonyl (C=O) groups is 1. The highest BCUT2D eigenvalue weighted by atomic mass is 16.7. The van der Waals surface area contributed by atoms with Gasteiger partial charge in [-0.1, -0.05) is 6.92 Å². The minimum absolute atomic E-state index is 0.260. The van der Waals surface area contributed by atoms with Gasteiger partial charge in [0.1, 0.15) is 0 Å². The first kappa shape index (κ1) is 14.9. The highest BCUT2D eigenvalue weighted by Gasteiger charge is 2.48. The molecule has 1 aliphatic rings. The van der Waals surface area contributed by atoms with Crippen LogP contribution in [-0.2, 0) is 19.0 Å². The van der Waals surface area contributed by atoms with E-state index in [4.69, 9.17) is 14.2 Å². The van der Waals surface area contributed by atoms with Gasteiger partial charge in [-0.3, -0.25) is 4.79 Å². The van der Waals surface area contributed by atoms with E-state index in [-0.39, 0.29) is 18.6 Å². The molecule has 1 fully saturated rings. The van der Waals surface area contributed by atoms with Gasteiger partial charge in [0.25, 0.3) is 0 Å². The maximum atomic E-state index is 11.9. The number of carbonyl (C=O) groups excluding carboxylic acids is 1. The summed E-state index contributed by atoms with van der Waals surface area (Å²) in [4.78, 5) is 11.9. The fourth-order valence-electron chi connectivity index (χ4n) is 1.95. The summed E-state index contributed by atoms with van der Waals surface area (Å²) >= 11 is 0. The Morgan fingerprint density at radius 1 is 1.67 bits per heavy atom. The van der Waals surface area contributed by atoms with E-state index in [1.807, 2.05) is 20.8 Å². The Morgan fingerprint density at radius 3 is 2.67 bits per heavy atom. The van der Waals surface area contributed by atoms with E-state index in [1.165, 1.54) is 0 Å². The van der Waals surface area contributed by atoms with Crippen LogP contribution < -0.4 is 0 Å². The van der Waals surface area contributed by atoms with Crippen molar-refractivity contribution >= 4 is 5.97 Å². The molecule has 0 N–H and O–H groups in total. The van der Waals surface area contributed by atoms with Gasteiger partial charge in [0.2, 0.25) is 0 Å². The molecule has 0 saturated carbocycles. The van der Waals surface area contributed by atoms with Crippen LogP contribution in [0.25, 0.3) is 0 Å². The number of hydrogen-bond acceptors (Lipinski definition) is 5. The third-order valence-corrected chi connectivity index (χ3v) is 3.43. The molecular formula is C13H21NO4. The lowest BCUT2D eigenvalue weighted by Crippen LogP contribution is -2.42.